The van der Waals surface area contributed by atoms with Gasteiger partial charge in [-0.05, 0) is 62.1 Å². The Balaban J connectivity index is 1.35. The van der Waals surface area contributed by atoms with Gasteiger partial charge in [-0.15, -0.1) is 11.3 Å². The van der Waals surface area contributed by atoms with E-state index in [4.69, 9.17) is 0 Å². The lowest BCUT2D eigenvalue weighted by Crippen LogP contribution is -2.36. The lowest BCUT2D eigenvalue weighted by Gasteiger charge is -2.26. The molecule has 0 fully saturated rings. The zero-order valence-electron chi connectivity index (χ0n) is 20.3. The Morgan fingerprint density at radius 1 is 0.946 bits per heavy atom. The Morgan fingerprint density at radius 2 is 1.59 bits per heavy atom. The van der Waals surface area contributed by atoms with Crippen LogP contribution < -0.4 is 5.32 Å². The van der Waals surface area contributed by atoms with Crippen LogP contribution in [0.25, 0.3) is 20.4 Å². The molecule has 3 aromatic carbocycles. The summed E-state index contributed by atoms with van der Waals surface area (Å²) in [5.74, 6) is -0.349. The van der Waals surface area contributed by atoms with E-state index in [0.29, 0.717) is 10.7 Å². The van der Waals surface area contributed by atoms with Crippen molar-refractivity contribution in [3.05, 3.63) is 77.9 Å². The number of sulfonamides is 1. The lowest BCUT2D eigenvalue weighted by atomic mass is 10.2. The third-order valence-electron chi connectivity index (χ3n) is 5.77. The molecule has 2 aromatic heterocycles. The molecule has 1 amide bonds. The van der Waals surface area contributed by atoms with Gasteiger partial charge in [-0.3, -0.25) is 10.1 Å². The van der Waals surface area contributed by atoms with Gasteiger partial charge in [0.15, 0.2) is 9.47 Å². The average Bonchev–Trinajstić information content (AvgIpc) is 3.51. The SMILES string of the molecule is CSc1nc2ccc3nc(NC(=O)c4ccc(S(=O)(=O)N(Cc5ccccc5)C(C)C)cc4)sc3c2s1. The molecular weight excluding hydrogens is 545 g/mol. The normalized spacial score (nSPS) is 12.1. The molecule has 0 aliphatic carbocycles. The molecule has 0 unspecified atom stereocenters. The molecule has 1 N–H and O–H groups in total. The highest BCUT2D eigenvalue weighted by molar-refractivity contribution is 8.00. The molecule has 0 aliphatic heterocycles. The van der Waals surface area contributed by atoms with Gasteiger partial charge in [-0.1, -0.05) is 53.4 Å². The Kier molecular flexibility index (Phi) is 7.32. The molecule has 0 radical (unpaired) electrons. The van der Waals surface area contributed by atoms with Gasteiger partial charge in [0.25, 0.3) is 5.91 Å². The summed E-state index contributed by atoms with van der Waals surface area (Å²) < 4.78 is 31.3. The van der Waals surface area contributed by atoms with E-state index in [9.17, 15) is 13.2 Å². The first-order chi connectivity index (χ1) is 17.8. The van der Waals surface area contributed by atoms with Crippen molar-refractivity contribution in [2.24, 2.45) is 0 Å². The summed E-state index contributed by atoms with van der Waals surface area (Å²) in [6.45, 7) is 3.97. The molecular formula is C26H24N4O3S4. The maximum absolute atomic E-state index is 13.4. The average molecular weight is 569 g/mol. The molecule has 0 spiro atoms. The summed E-state index contributed by atoms with van der Waals surface area (Å²) in [4.78, 5) is 22.2. The van der Waals surface area contributed by atoms with E-state index in [2.05, 4.69) is 15.3 Å². The third kappa shape index (κ3) is 5.27. The lowest BCUT2D eigenvalue weighted by molar-refractivity contribution is 0.102. The minimum atomic E-state index is -3.75. The second kappa shape index (κ2) is 10.5. The van der Waals surface area contributed by atoms with Crippen LogP contribution in [0.2, 0.25) is 0 Å². The van der Waals surface area contributed by atoms with Crippen LogP contribution in [-0.4, -0.2) is 40.9 Å². The number of hydrogen-bond acceptors (Lipinski definition) is 8. The number of amides is 1. The number of hydrogen-bond donors (Lipinski definition) is 1. The molecule has 190 valence electrons. The van der Waals surface area contributed by atoms with E-state index in [0.717, 1.165) is 30.3 Å². The van der Waals surface area contributed by atoms with Crippen molar-refractivity contribution in [2.45, 2.75) is 35.7 Å². The van der Waals surface area contributed by atoms with Crippen LogP contribution in [-0.2, 0) is 16.6 Å². The Bertz CT molecular complexity index is 1680. The summed E-state index contributed by atoms with van der Waals surface area (Å²) in [5.41, 5.74) is 2.98. The third-order valence-corrected chi connectivity index (χ3v) is 11.0. The number of carbonyl (C=O) groups excluding carboxylic acids is 1. The first kappa shape index (κ1) is 25.8. The zero-order valence-corrected chi connectivity index (χ0v) is 23.6. The summed E-state index contributed by atoms with van der Waals surface area (Å²) in [6.07, 6.45) is 1.99. The molecule has 0 bridgehead atoms. The number of rotatable bonds is 8. The van der Waals surface area contributed by atoms with E-state index in [-0.39, 0.29) is 23.4 Å². The van der Waals surface area contributed by atoms with Crippen molar-refractivity contribution in [3.63, 3.8) is 0 Å². The molecule has 0 saturated carbocycles. The highest BCUT2D eigenvalue weighted by Gasteiger charge is 2.27. The fourth-order valence-electron chi connectivity index (χ4n) is 3.88. The monoisotopic (exact) mass is 568 g/mol. The number of fused-ring (bicyclic) bond motifs is 3. The Labute approximate surface area is 227 Å². The number of benzene rings is 3. The first-order valence-corrected chi connectivity index (χ1v) is 15.8. The number of aromatic nitrogens is 2. The van der Waals surface area contributed by atoms with Gasteiger partial charge in [0.05, 0.1) is 25.3 Å². The number of thioether (sulfide) groups is 1. The quantitative estimate of drug-likeness (QED) is 0.216. The van der Waals surface area contributed by atoms with Crippen LogP contribution >= 0.6 is 34.4 Å². The minimum absolute atomic E-state index is 0.144. The number of anilines is 1. The van der Waals surface area contributed by atoms with Crippen LogP contribution in [0.4, 0.5) is 5.13 Å². The smallest absolute Gasteiger partial charge is 0.257 e. The molecule has 7 nitrogen and oxygen atoms in total. The second-order valence-corrected chi connectivity index (χ2v) is 13.5. The predicted octanol–water partition coefficient (Wildman–Crippen LogP) is 6.48. The van der Waals surface area contributed by atoms with Gasteiger partial charge in [0.1, 0.15) is 0 Å². The van der Waals surface area contributed by atoms with Crippen molar-refractivity contribution in [1.82, 2.24) is 14.3 Å². The number of nitrogens with zero attached hydrogens (tertiary/aromatic N) is 3. The Morgan fingerprint density at radius 3 is 2.24 bits per heavy atom. The predicted molar refractivity (Wildman–Crippen MR) is 153 cm³/mol. The van der Waals surface area contributed by atoms with E-state index in [1.54, 1.807) is 23.1 Å². The molecule has 2 heterocycles. The summed E-state index contributed by atoms with van der Waals surface area (Å²) >= 11 is 4.62. The summed E-state index contributed by atoms with van der Waals surface area (Å²) in [5, 5.41) is 3.34. The maximum atomic E-state index is 13.4. The van der Waals surface area contributed by atoms with Gasteiger partial charge >= 0.3 is 0 Å². The standard InChI is InChI=1S/C26H24N4O3S4/c1-16(2)30(15-17-7-5-4-6-8-17)37(32,33)19-11-9-18(10-12-19)24(31)29-25-27-20-13-14-21-23(22(20)35-25)36-26(28-21)34-3/h4-14,16H,15H2,1-3H3,(H,27,29,31). The Hall–Kier alpha value is -2.83. The van der Waals surface area contributed by atoms with Crippen molar-refractivity contribution in [3.8, 4) is 0 Å². The highest BCUT2D eigenvalue weighted by Crippen LogP contribution is 2.38. The first-order valence-electron chi connectivity index (χ1n) is 11.5. The van der Waals surface area contributed by atoms with Gasteiger partial charge in [0.2, 0.25) is 10.0 Å². The summed E-state index contributed by atoms with van der Waals surface area (Å²) in [6, 6.07) is 19.1. The van der Waals surface area contributed by atoms with Crippen molar-refractivity contribution in [1.29, 1.82) is 0 Å². The van der Waals surface area contributed by atoms with Gasteiger partial charge in [-0.25, -0.2) is 18.4 Å². The van der Waals surface area contributed by atoms with Crippen LogP contribution in [0.1, 0.15) is 29.8 Å². The highest BCUT2D eigenvalue weighted by atomic mass is 32.2. The van der Waals surface area contributed by atoms with Crippen molar-refractivity contribution < 1.29 is 13.2 Å². The topological polar surface area (TPSA) is 92.3 Å². The largest absolute Gasteiger partial charge is 0.298 e. The molecule has 5 aromatic rings. The van der Waals surface area contributed by atoms with Crippen LogP contribution in [0.5, 0.6) is 0 Å². The number of thiazole rings is 2. The van der Waals surface area contributed by atoms with E-state index in [1.165, 1.54) is 39.9 Å². The van der Waals surface area contributed by atoms with Crippen molar-refractivity contribution in [2.75, 3.05) is 11.6 Å². The minimum Gasteiger partial charge on any atom is -0.298 e. The summed E-state index contributed by atoms with van der Waals surface area (Å²) in [7, 11) is -3.75. The van der Waals surface area contributed by atoms with E-state index in [1.807, 2.05) is 62.6 Å². The molecule has 0 atom stereocenters. The number of carbonyl (C=O) groups is 1. The van der Waals surface area contributed by atoms with Gasteiger partial charge < -0.3 is 0 Å². The molecule has 0 aliphatic rings. The van der Waals surface area contributed by atoms with Crippen molar-refractivity contribution >= 4 is 75.9 Å². The maximum Gasteiger partial charge on any atom is 0.257 e. The zero-order chi connectivity index (χ0) is 26.2. The van der Waals surface area contributed by atoms with Gasteiger partial charge in [0, 0.05) is 18.2 Å². The molecule has 0 saturated heterocycles. The van der Waals surface area contributed by atoms with Crippen LogP contribution in [0.3, 0.4) is 0 Å². The fraction of sp³-hybridized carbons (Fsp3) is 0.192. The number of nitrogens with one attached hydrogen (secondary N) is 1. The second-order valence-electron chi connectivity index (χ2n) is 8.57. The van der Waals surface area contributed by atoms with Crippen LogP contribution in [0.15, 0.2) is 76.0 Å². The van der Waals surface area contributed by atoms with E-state index < -0.39 is 10.0 Å². The molecule has 37 heavy (non-hydrogen) atoms. The van der Waals surface area contributed by atoms with Gasteiger partial charge in [-0.2, -0.15) is 4.31 Å². The fourth-order valence-corrected chi connectivity index (χ4v) is 8.16. The van der Waals surface area contributed by atoms with E-state index >= 15 is 0 Å². The molecule has 11 heteroatoms. The molecule has 5 rings (SSSR count). The van der Waals surface area contributed by atoms with Crippen LogP contribution in [0, 0.1) is 0 Å².